The van der Waals surface area contributed by atoms with Crippen LogP contribution in [0.4, 0.5) is 0 Å². The van der Waals surface area contributed by atoms with Crippen molar-refractivity contribution in [1.82, 2.24) is 5.32 Å². The molecule has 0 saturated heterocycles. The maximum atomic E-state index is 9.34. The van der Waals surface area contributed by atoms with Crippen molar-refractivity contribution < 1.29 is 5.11 Å². The Morgan fingerprint density at radius 2 is 2.25 bits per heavy atom. The van der Waals surface area contributed by atoms with Gasteiger partial charge in [-0.25, -0.2) is 0 Å². The highest BCUT2D eigenvalue weighted by Crippen LogP contribution is 2.42. The molecule has 88 valence electrons. The van der Waals surface area contributed by atoms with Gasteiger partial charge in [0.25, 0.3) is 0 Å². The van der Waals surface area contributed by atoms with Crippen LogP contribution in [0.1, 0.15) is 24.8 Å². The van der Waals surface area contributed by atoms with E-state index in [-0.39, 0.29) is 0 Å². The monoisotopic (exact) mass is 237 g/mol. The topological polar surface area (TPSA) is 32.3 Å². The standard InChI is InChI=1S/C13H19NOS/c1-16-13(6-3-7-13)10-14-9-11-4-2-5-12(15)8-11/h2,4-5,8,14-15H,3,6-7,9-10H2,1H3. The summed E-state index contributed by atoms with van der Waals surface area (Å²) >= 11 is 1.99. The van der Waals surface area contributed by atoms with E-state index in [4.69, 9.17) is 0 Å². The smallest absolute Gasteiger partial charge is 0.115 e. The Morgan fingerprint density at radius 3 is 2.81 bits per heavy atom. The minimum absolute atomic E-state index is 0.350. The molecule has 1 aromatic rings. The molecule has 2 nitrogen and oxygen atoms in total. The van der Waals surface area contributed by atoms with Crippen molar-refractivity contribution in [1.29, 1.82) is 0 Å². The summed E-state index contributed by atoms with van der Waals surface area (Å²) in [6.07, 6.45) is 6.24. The van der Waals surface area contributed by atoms with E-state index >= 15 is 0 Å². The molecule has 1 aliphatic carbocycles. The highest BCUT2D eigenvalue weighted by Gasteiger charge is 2.35. The number of rotatable bonds is 5. The van der Waals surface area contributed by atoms with E-state index in [1.54, 1.807) is 6.07 Å². The predicted octanol–water partition coefficient (Wildman–Crippen LogP) is 2.77. The van der Waals surface area contributed by atoms with Gasteiger partial charge in [0.05, 0.1) is 0 Å². The van der Waals surface area contributed by atoms with Crippen LogP contribution in [0.2, 0.25) is 0 Å². The van der Waals surface area contributed by atoms with Crippen LogP contribution in [-0.4, -0.2) is 22.7 Å². The second-order valence-electron chi connectivity index (χ2n) is 4.51. The Morgan fingerprint density at radius 1 is 1.44 bits per heavy atom. The largest absolute Gasteiger partial charge is 0.508 e. The summed E-state index contributed by atoms with van der Waals surface area (Å²) in [4.78, 5) is 0. The molecule has 16 heavy (non-hydrogen) atoms. The summed E-state index contributed by atoms with van der Waals surface area (Å²) in [6.45, 7) is 1.92. The molecule has 3 heteroatoms. The van der Waals surface area contributed by atoms with Crippen LogP contribution in [0, 0.1) is 0 Å². The van der Waals surface area contributed by atoms with Crippen LogP contribution in [0.3, 0.4) is 0 Å². The van der Waals surface area contributed by atoms with E-state index in [0.29, 0.717) is 10.5 Å². The zero-order chi connectivity index (χ0) is 11.4. The molecule has 0 aromatic heterocycles. The fourth-order valence-electron chi connectivity index (χ4n) is 2.13. The second kappa shape index (κ2) is 5.11. The molecule has 2 rings (SSSR count). The van der Waals surface area contributed by atoms with Gasteiger partial charge in [0, 0.05) is 17.8 Å². The quantitative estimate of drug-likeness (QED) is 0.826. The molecule has 0 unspecified atom stereocenters. The summed E-state index contributed by atoms with van der Waals surface area (Å²) in [5, 5.41) is 12.8. The Kier molecular flexibility index (Phi) is 3.77. The van der Waals surface area contributed by atoms with Crippen LogP contribution in [0.25, 0.3) is 0 Å². The molecule has 2 N–H and O–H groups in total. The van der Waals surface area contributed by atoms with Crippen molar-refractivity contribution in [3.05, 3.63) is 29.8 Å². The van der Waals surface area contributed by atoms with E-state index < -0.39 is 0 Å². The molecule has 0 heterocycles. The van der Waals surface area contributed by atoms with E-state index in [1.807, 2.05) is 30.0 Å². The van der Waals surface area contributed by atoms with Gasteiger partial charge < -0.3 is 10.4 Å². The first-order valence-corrected chi connectivity index (χ1v) is 7.00. The van der Waals surface area contributed by atoms with Crippen molar-refractivity contribution in [2.75, 3.05) is 12.8 Å². The summed E-state index contributed by atoms with van der Waals surface area (Å²) in [6, 6.07) is 7.46. The molecule has 0 spiro atoms. The lowest BCUT2D eigenvalue weighted by atomic mass is 9.84. The van der Waals surface area contributed by atoms with Crippen molar-refractivity contribution in [3.8, 4) is 5.75 Å². The molecular formula is C13H19NOS. The van der Waals surface area contributed by atoms with Crippen LogP contribution in [-0.2, 0) is 6.54 Å². The molecule has 1 aliphatic rings. The highest BCUT2D eigenvalue weighted by molar-refractivity contribution is 8.00. The van der Waals surface area contributed by atoms with Crippen LogP contribution in [0.15, 0.2) is 24.3 Å². The maximum absolute atomic E-state index is 9.34. The SMILES string of the molecule is CSC1(CNCc2cccc(O)c2)CCC1. The number of hydrogen-bond acceptors (Lipinski definition) is 3. The van der Waals surface area contributed by atoms with E-state index in [2.05, 4.69) is 11.6 Å². The Hall–Kier alpha value is -0.670. The zero-order valence-electron chi connectivity index (χ0n) is 9.70. The van der Waals surface area contributed by atoms with Crippen molar-refractivity contribution in [2.45, 2.75) is 30.6 Å². The Labute approximate surface area is 101 Å². The van der Waals surface area contributed by atoms with Gasteiger partial charge in [-0.15, -0.1) is 0 Å². The summed E-state index contributed by atoms with van der Waals surface area (Å²) in [7, 11) is 0. The fraction of sp³-hybridized carbons (Fsp3) is 0.538. The first-order valence-electron chi connectivity index (χ1n) is 5.78. The van der Waals surface area contributed by atoms with Crippen molar-refractivity contribution >= 4 is 11.8 Å². The molecule has 1 aromatic carbocycles. The molecule has 0 bridgehead atoms. The van der Waals surface area contributed by atoms with Gasteiger partial charge in [-0.1, -0.05) is 18.6 Å². The number of benzene rings is 1. The van der Waals surface area contributed by atoms with Gasteiger partial charge in [0.1, 0.15) is 5.75 Å². The van der Waals surface area contributed by atoms with Crippen molar-refractivity contribution in [3.63, 3.8) is 0 Å². The number of nitrogens with one attached hydrogen (secondary N) is 1. The Balaban J connectivity index is 1.79. The molecule has 0 aliphatic heterocycles. The minimum Gasteiger partial charge on any atom is -0.508 e. The lowest BCUT2D eigenvalue weighted by molar-refractivity contribution is 0.345. The van der Waals surface area contributed by atoms with Gasteiger partial charge in [-0.05, 0) is 36.8 Å². The summed E-state index contributed by atoms with van der Waals surface area (Å²) in [5.74, 6) is 0.350. The molecule has 0 amide bonds. The number of aromatic hydroxyl groups is 1. The lowest BCUT2D eigenvalue weighted by Crippen LogP contribution is -2.43. The molecule has 1 fully saturated rings. The summed E-state index contributed by atoms with van der Waals surface area (Å²) in [5.41, 5.74) is 1.15. The average Bonchev–Trinajstić information content (AvgIpc) is 2.22. The van der Waals surface area contributed by atoms with Crippen LogP contribution < -0.4 is 5.32 Å². The number of phenolic OH excluding ortho intramolecular Hbond substituents is 1. The summed E-state index contributed by atoms with van der Waals surface area (Å²) < 4.78 is 0.483. The van der Waals surface area contributed by atoms with E-state index in [0.717, 1.165) is 18.7 Å². The Bertz CT molecular complexity index is 344. The minimum atomic E-state index is 0.350. The van der Waals surface area contributed by atoms with Gasteiger partial charge >= 0.3 is 0 Å². The number of phenols is 1. The third-order valence-electron chi connectivity index (χ3n) is 3.38. The predicted molar refractivity (Wildman–Crippen MR) is 69.9 cm³/mol. The van der Waals surface area contributed by atoms with E-state index in [9.17, 15) is 5.11 Å². The fourth-order valence-corrected chi connectivity index (χ4v) is 3.07. The van der Waals surface area contributed by atoms with Crippen molar-refractivity contribution in [2.24, 2.45) is 0 Å². The second-order valence-corrected chi connectivity index (χ2v) is 5.79. The normalized spacial score (nSPS) is 18.1. The van der Waals surface area contributed by atoms with Gasteiger partial charge in [-0.2, -0.15) is 11.8 Å². The number of thioether (sulfide) groups is 1. The van der Waals surface area contributed by atoms with Gasteiger partial charge in [0.15, 0.2) is 0 Å². The third-order valence-corrected chi connectivity index (χ3v) is 4.80. The van der Waals surface area contributed by atoms with Crippen LogP contribution >= 0.6 is 11.8 Å². The first kappa shape index (κ1) is 11.8. The van der Waals surface area contributed by atoms with Gasteiger partial charge in [-0.3, -0.25) is 0 Å². The lowest BCUT2D eigenvalue weighted by Gasteiger charge is -2.40. The zero-order valence-corrected chi connectivity index (χ0v) is 10.5. The van der Waals surface area contributed by atoms with Crippen LogP contribution in [0.5, 0.6) is 5.75 Å². The third kappa shape index (κ3) is 2.71. The molecular weight excluding hydrogens is 218 g/mol. The maximum Gasteiger partial charge on any atom is 0.115 e. The molecule has 0 atom stereocenters. The van der Waals surface area contributed by atoms with E-state index in [1.165, 1.54) is 19.3 Å². The average molecular weight is 237 g/mol. The van der Waals surface area contributed by atoms with Gasteiger partial charge in [0.2, 0.25) is 0 Å². The number of hydrogen-bond donors (Lipinski definition) is 2. The molecule has 0 radical (unpaired) electrons. The highest BCUT2D eigenvalue weighted by atomic mass is 32.2. The first-order chi connectivity index (χ1) is 7.74. The molecule has 1 saturated carbocycles.